The number of likely N-dealkylation sites (N-methyl/N-ethyl adjacent to an activating group) is 1. The van der Waals surface area contributed by atoms with Gasteiger partial charge in [-0.15, -0.1) is 0 Å². The van der Waals surface area contributed by atoms with Crippen LogP contribution in [-0.4, -0.2) is 26.7 Å². The molecule has 0 amide bonds. The van der Waals surface area contributed by atoms with Gasteiger partial charge in [-0.2, -0.15) is 0 Å². The zero-order valence-electron chi connectivity index (χ0n) is 11.2. The molecule has 3 heteroatoms. The summed E-state index contributed by atoms with van der Waals surface area (Å²) in [6.07, 6.45) is 5.52. The lowest BCUT2D eigenvalue weighted by Crippen LogP contribution is -2.31. The SMILES string of the molecule is CN(CCNCC1CCCC1)c1ccccc1F. The molecule has 0 bridgehead atoms. The Bertz CT molecular complexity index is 361. The van der Waals surface area contributed by atoms with Crippen molar-refractivity contribution in [2.24, 2.45) is 5.92 Å². The van der Waals surface area contributed by atoms with E-state index in [0.717, 1.165) is 25.6 Å². The van der Waals surface area contributed by atoms with Crippen LogP contribution in [0.4, 0.5) is 10.1 Å². The van der Waals surface area contributed by atoms with Gasteiger partial charge in [0.05, 0.1) is 5.69 Å². The Labute approximate surface area is 109 Å². The molecule has 0 aromatic heterocycles. The fourth-order valence-electron chi connectivity index (χ4n) is 2.65. The van der Waals surface area contributed by atoms with Gasteiger partial charge >= 0.3 is 0 Å². The molecule has 1 aliphatic rings. The van der Waals surface area contributed by atoms with E-state index in [1.165, 1.54) is 31.7 Å². The molecule has 0 spiro atoms. The predicted molar refractivity (Wildman–Crippen MR) is 74.5 cm³/mol. The number of hydrogen-bond donors (Lipinski definition) is 1. The van der Waals surface area contributed by atoms with Gasteiger partial charge in [-0.1, -0.05) is 25.0 Å². The average molecular weight is 250 g/mol. The van der Waals surface area contributed by atoms with Crippen molar-refractivity contribution in [2.75, 3.05) is 31.6 Å². The molecule has 1 saturated carbocycles. The van der Waals surface area contributed by atoms with E-state index in [-0.39, 0.29) is 5.82 Å². The van der Waals surface area contributed by atoms with Gasteiger partial charge in [-0.05, 0) is 37.4 Å². The highest BCUT2D eigenvalue weighted by atomic mass is 19.1. The van der Waals surface area contributed by atoms with Crippen molar-refractivity contribution in [1.82, 2.24) is 5.32 Å². The van der Waals surface area contributed by atoms with E-state index in [2.05, 4.69) is 5.32 Å². The molecular weight excluding hydrogens is 227 g/mol. The summed E-state index contributed by atoms with van der Waals surface area (Å²) < 4.78 is 13.5. The molecule has 0 radical (unpaired) electrons. The van der Waals surface area contributed by atoms with Gasteiger partial charge in [0.1, 0.15) is 5.82 Å². The fourth-order valence-corrected chi connectivity index (χ4v) is 2.65. The molecule has 100 valence electrons. The number of anilines is 1. The third-order valence-electron chi connectivity index (χ3n) is 3.80. The molecule has 2 nitrogen and oxygen atoms in total. The van der Waals surface area contributed by atoms with Gasteiger partial charge in [0.15, 0.2) is 0 Å². The first-order valence-electron chi connectivity index (χ1n) is 6.94. The Kier molecular flexibility index (Phi) is 5.00. The molecule has 0 saturated heterocycles. The minimum absolute atomic E-state index is 0.143. The largest absolute Gasteiger partial charge is 0.371 e. The van der Waals surface area contributed by atoms with Crippen LogP contribution in [0.3, 0.4) is 0 Å². The summed E-state index contributed by atoms with van der Waals surface area (Å²) >= 11 is 0. The van der Waals surface area contributed by atoms with E-state index in [0.29, 0.717) is 5.69 Å². The first kappa shape index (κ1) is 13.3. The maximum Gasteiger partial charge on any atom is 0.146 e. The summed E-state index contributed by atoms with van der Waals surface area (Å²) in [6.45, 7) is 2.88. The standard InChI is InChI=1S/C15H23FN2/c1-18(15-9-5-4-8-14(15)16)11-10-17-12-13-6-2-3-7-13/h4-5,8-9,13,17H,2-3,6-7,10-12H2,1H3. The lowest BCUT2D eigenvalue weighted by Gasteiger charge is -2.20. The second-order valence-electron chi connectivity index (χ2n) is 5.23. The molecule has 1 N–H and O–H groups in total. The van der Waals surface area contributed by atoms with E-state index in [4.69, 9.17) is 0 Å². The van der Waals surface area contributed by atoms with Crippen LogP contribution in [0.1, 0.15) is 25.7 Å². The molecule has 1 aromatic carbocycles. The van der Waals surface area contributed by atoms with Crippen LogP contribution in [0.25, 0.3) is 0 Å². The first-order chi connectivity index (χ1) is 8.77. The predicted octanol–water partition coefficient (Wildman–Crippen LogP) is 3.04. The third-order valence-corrected chi connectivity index (χ3v) is 3.80. The molecule has 0 atom stereocenters. The number of halogens is 1. The summed E-state index contributed by atoms with van der Waals surface area (Å²) in [5, 5.41) is 3.48. The van der Waals surface area contributed by atoms with Crippen molar-refractivity contribution in [3.8, 4) is 0 Å². The van der Waals surface area contributed by atoms with Crippen molar-refractivity contribution in [3.63, 3.8) is 0 Å². The van der Waals surface area contributed by atoms with Crippen LogP contribution < -0.4 is 10.2 Å². The highest BCUT2D eigenvalue weighted by Crippen LogP contribution is 2.23. The van der Waals surface area contributed by atoms with Crippen molar-refractivity contribution in [1.29, 1.82) is 0 Å². The van der Waals surface area contributed by atoms with E-state index < -0.39 is 0 Å². The number of para-hydroxylation sites is 1. The molecule has 0 unspecified atom stereocenters. The molecule has 1 aliphatic carbocycles. The van der Waals surface area contributed by atoms with Crippen LogP contribution in [-0.2, 0) is 0 Å². The van der Waals surface area contributed by atoms with Gasteiger partial charge in [0, 0.05) is 20.1 Å². The quantitative estimate of drug-likeness (QED) is 0.781. The Morgan fingerprint density at radius 3 is 2.72 bits per heavy atom. The van der Waals surface area contributed by atoms with Gasteiger partial charge in [0.2, 0.25) is 0 Å². The van der Waals surface area contributed by atoms with Crippen molar-refractivity contribution >= 4 is 5.69 Å². The highest BCUT2D eigenvalue weighted by Gasteiger charge is 2.14. The summed E-state index contributed by atoms with van der Waals surface area (Å²) in [5.74, 6) is 0.722. The normalized spacial score (nSPS) is 16.1. The Balaban J connectivity index is 1.68. The van der Waals surface area contributed by atoms with Crippen LogP contribution in [0.5, 0.6) is 0 Å². The second-order valence-corrected chi connectivity index (χ2v) is 5.23. The van der Waals surface area contributed by atoms with Crippen molar-refractivity contribution in [3.05, 3.63) is 30.1 Å². The van der Waals surface area contributed by atoms with Crippen LogP contribution in [0.15, 0.2) is 24.3 Å². The number of hydrogen-bond acceptors (Lipinski definition) is 2. The maximum atomic E-state index is 13.5. The Hall–Kier alpha value is -1.09. The zero-order valence-corrected chi connectivity index (χ0v) is 11.2. The minimum Gasteiger partial charge on any atom is -0.371 e. The van der Waals surface area contributed by atoms with E-state index >= 15 is 0 Å². The van der Waals surface area contributed by atoms with Crippen LogP contribution >= 0.6 is 0 Å². The molecule has 1 fully saturated rings. The minimum atomic E-state index is -0.143. The Morgan fingerprint density at radius 1 is 1.28 bits per heavy atom. The lowest BCUT2D eigenvalue weighted by molar-refractivity contribution is 0.491. The van der Waals surface area contributed by atoms with Crippen LogP contribution in [0, 0.1) is 11.7 Å². The highest BCUT2D eigenvalue weighted by molar-refractivity contribution is 5.46. The molecule has 18 heavy (non-hydrogen) atoms. The summed E-state index contributed by atoms with van der Waals surface area (Å²) in [5.41, 5.74) is 0.681. The Morgan fingerprint density at radius 2 is 2.00 bits per heavy atom. The topological polar surface area (TPSA) is 15.3 Å². The van der Waals surface area contributed by atoms with Gasteiger partial charge in [-0.25, -0.2) is 4.39 Å². The van der Waals surface area contributed by atoms with Crippen molar-refractivity contribution < 1.29 is 4.39 Å². The third kappa shape index (κ3) is 3.70. The van der Waals surface area contributed by atoms with E-state index in [9.17, 15) is 4.39 Å². The number of rotatable bonds is 6. The lowest BCUT2D eigenvalue weighted by atomic mass is 10.1. The number of nitrogens with zero attached hydrogens (tertiary/aromatic N) is 1. The molecular formula is C15H23FN2. The summed E-state index contributed by atoms with van der Waals surface area (Å²) in [6, 6.07) is 6.94. The van der Waals surface area contributed by atoms with Crippen molar-refractivity contribution in [2.45, 2.75) is 25.7 Å². The fraction of sp³-hybridized carbons (Fsp3) is 0.600. The van der Waals surface area contributed by atoms with Gasteiger partial charge in [0.25, 0.3) is 0 Å². The molecule has 2 rings (SSSR count). The average Bonchev–Trinajstić information content (AvgIpc) is 2.88. The summed E-state index contributed by atoms with van der Waals surface area (Å²) in [7, 11) is 1.94. The first-order valence-corrected chi connectivity index (χ1v) is 6.94. The monoisotopic (exact) mass is 250 g/mol. The second kappa shape index (κ2) is 6.74. The number of nitrogens with one attached hydrogen (secondary N) is 1. The van der Waals surface area contributed by atoms with Gasteiger partial charge in [-0.3, -0.25) is 0 Å². The maximum absolute atomic E-state index is 13.5. The molecule has 1 aromatic rings. The molecule has 0 heterocycles. The van der Waals surface area contributed by atoms with Crippen LogP contribution in [0.2, 0.25) is 0 Å². The van der Waals surface area contributed by atoms with Gasteiger partial charge < -0.3 is 10.2 Å². The number of benzene rings is 1. The van der Waals surface area contributed by atoms with E-state index in [1.54, 1.807) is 6.07 Å². The zero-order chi connectivity index (χ0) is 12.8. The molecule has 0 aliphatic heterocycles. The van der Waals surface area contributed by atoms with E-state index in [1.807, 2.05) is 24.1 Å². The summed E-state index contributed by atoms with van der Waals surface area (Å²) in [4.78, 5) is 1.97. The smallest absolute Gasteiger partial charge is 0.146 e.